The van der Waals surface area contributed by atoms with E-state index in [1.807, 2.05) is 65.5 Å². The van der Waals surface area contributed by atoms with Crippen molar-refractivity contribution in [2.24, 2.45) is 15.7 Å². The van der Waals surface area contributed by atoms with E-state index in [1.54, 1.807) is 0 Å². The average molecular weight is 480 g/mol. The Morgan fingerprint density at radius 3 is 2.48 bits per heavy atom. The van der Waals surface area contributed by atoms with Gasteiger partial charge in [-0.1, -0.05) is 46.3 Å². The predicted molar refractivity (Wildman–Crippen MR) is 124 cm³/mol. The Balaban J connectivity index is 1.59. The van der Waals surface area contributed by atoms with Gasteiger partial charge in [0.1, 0.15) is 5.69 Å². The van der Waals surface area contributed by atoms with Crippen molar-refractivity contribution >= 4 is 27.8 Å². The Morgan fingerprint density at radius 1 is 1.00 bits per heavy atom. The molecule has 2 aromatic carbocycles. The van der Waals surface area contributed by atoms with Crippen LogP contribution in [0.3, 0.4) is 0 Å². The Hall–Kier alpha value is -3.17. The van der Waals surface area contributed by atoms with Crippen molar-refractivity contribution in [2.75, 3.05) is 26.3 Å². The van der Waals surface area contributed by atoms with Crippen LogP contribution in [0.15, 0.2) is 75.3 Å². The van der Waals surface area contributed by atoms with Crippen LogP contribution >= 0.6 is 15.9 Å². The number of guanidine groups is 2. The van der Waals surface area contributed by atoms with E-state index in [9.17, 15) is 0 Å². The molecule has 1 unspecified atom stereocenters. The molecule has 2 aliphatic heterocycles. The number of ether oxygens (including phenoxy) is 1. The summed E-state index contributed by atoms with van der Waals surface area (Å²) in [5.41, 5.74) is 9.82. The number of rotatable bonds is 3. The van der Waals surface area contributed by atoms with E-state index in [0.717, 1.165) is 46.0 Å². The molecule has 5 rings (SSSR count). The van der Waals surface area contributed by atoms with Crippen molar-refractivity contribution in [3.05, 3.63) is 70.8 Å². The van der Waals surface area contributed by atoms with Gasteiger partial charge in [-0.2, -0.15) is 5.10 Å². The first-order chi connectivity index (χ1) is 15.2. The number of nitrogens with one attached hydrogen (secondary N) is 1. The number of morpholine rings is 1. The molecular formula is C22H22BrN7O. The maximum absolute atomic E-state index is 6.15. The number of benzene rings is 2. The quantitative estimate of drug-likeness (QED) is 0.602. The fraction of sp³-hybridized carbons (Fsp3) is 0.227. The molecule has 1 atom stereocenters. The second kappa shape index (κ2) is 8.52. The fourth-order valence-electron chi connectivity index (χ4n) is 3.65. The molecule has 1 aromatic heterocycles. The number of aliphatic imine (C=N–C) groups is 2. The van der Waals surface area contributed by atoms with E-state index in [0.29, 0.717) is 19.2 Å². The lowest BCUT2D eigenvalue weighted by Crippen LogP contribution is -2.52. The molecule has 8 nitrogen and oxygen atoms in total. The van der Waals surface area contributed by atoms with Gasteiger partial charge in [0, 0.05) is 34.9 Å². The van der Waals surface area contributed by atoms with E-state index in [2.05, 4.69) is 31.1 Å². The van der Waals surface area contributed by atoms with E-state index in [-0.39, 0.29) is 0 Å². The van der Waals surface area contributed by atoms with Crippen LogP contribution in [-0.4, -0.2) is 52.9 Å². The smallest absolute Gasteiger partial charge is 0.203 e. The average Bonchev–Trinajstić information content (AvgIpc) is 3.26. The van der Waals surface area contributed by atoms with Gasteiger partial charge in [-0.15, -0.1) is 0 Å². The van der Waals surface area contributed by atoms with Gasteiger partial charge >= 0.3 is 0 Å². The lowest BCUT2D eigenvalue weighted by Gasteiger charge is -2.32. The predicted octanol–water partition coefficient (Wildman–Crippen LogP) is 2.91. The number of hydrogen-bond acceptors (Lipinski definition) is 7. The topological polar surface area (TPSA) is 93.1 Å². The Labute approximate surface area is 188 Å². The van der Waals surface area contributed by atoms with Gasteiger partial charge in [-0.05, 0) is 24.3 Å². The van der Waals surface area contributed by atoms with Gasteiger partial charge < -0.3 is 15.4 Å². The number of nitrogens with zero attached hydrogens (tertiary/aromatic N) is 5. The van der Waals surface area contributed by atoms with Crippen LogP contribution in [0, 0.1) is 0 Å². The summed E-state index contributed by atoms with van der Waals surface area (Å²) in [4.78, 5) is 11.6. The molecule has 0 amide bonds. The highest BCUT2D eigenvalue weighted by molar-refractivity contribution is 9.10. The van der Waals surface area contributed by atoms with Crippen molar-refractivity contribution in [1.29, 1.82) is 0 Å². The number of aromatic nitrogens is 2. The third-order valence-electron chi connectivity index (χ3n) is 5.22. The summed E-state index contributed by atoms with van der Waals surface area (Å²) >= 11 is 3.50. The van der Waals surface area contributed by atoms with Crippen LogP contribution in [-0.2, 0) is 4.74 Å². The molecule has 31 heavy (non-hydrogen) atoms. The van der Waals surface area contributed by atoms with Gasteiger partial charge in [0.15, 0.2) is 12.1 Å². The summed E-state index contributed by atoms with van der Waals surface area (Å²) in [6, 6.07) is 18.1. The minimum atomic E-state index is -0.491. The Bertz CT molecular complexity index is 1120. The molecule has 3 N–H and O–H groups in total. The van der Waals surface area contributed by atoms with Crippen LogP contribution < -0.4 is 11.1 Å². The fourth-order valence-corrected chi connectivity index (χ4v) is 3.92. The number of nitrogens with two attached hydrogens (primary N) is 1. The van der Waals surface area contributed by atoms with E-state index in [4.69, 9.17) is 20.6 Å². The molecule has 9 heteroatoms. The van der Waals surface area contributed by atoms with Gasteiger partial charge in [0.2, 0.25) is 5.96 Å². The van der Waals surface area contributed by atoms with Crippen LogP contribution in [0.4, 0.5) is 0 Å². The second-order valence-electron chi connectivity index (χ2n) is 7.29. The minimum Gasteiger partial charge on any atom is -0.378 e. The summed E-state index contributed by atoms with van der Waals surface area (Å²) in [7, 11) is 0. The molecule has 3 heterocycles. The minimum absolute atomic E-state index is 0.343. The van der Waals surface area contributed by atoms with Crippen molar-refractivity contribution in [3.63, 3.8) is 0 Å². The zero-order chi connectivity index (χ0) is 21.2. The third-order valence-corrected chi connectivity index (χ3v) is 5.74. The number of hydrogen-bond donors (Lipinski definition) is 2. The van der Waals surface area contributed by atoms with Gasteiger partial charge in [-0.3, -0.25) is 5.32 Å². The standard InChI is InChI=1S/C22H22BrN7O/c23-16-8-6-15(7-9-16)19-18(14-30(28-19)17-4-2-1-3-5-17)20-25-21(24)27-22(26-20)29-10-12-31-13-11-29/h1-9,14,20H,10-13H2,(H3,24,25,26,27). The molecule has 0 spiro atoms. The first kappa shape index (κ1) is 19.8. The van der Waals surface area contributed by atoms with Crippen molar-refractivity contribution in [2.45, 2.75) is 6.17 Å². The lowest BCUT2D eigenvalue weighted by molar-refractivity contribution is 0.0667. The number of para-hydroxylation sites is 1. The largest absolute Gasteiger partial charge is 0.378 e. The summed E-state index contributed by atoms with van der Waals surface area (Å²) in [5, 5.41) is 7.99. The highest BCUT2D eigenvalue weighted by Gasteiger charge is 2.26. The molecule has 0 radical (unpaired) electrons. The van der Waals surface area contributed by atoms with E-state index in [1.165, 1.54) is 0 Å². The number of halogens is 1. The van der Waals surface area contributed by atoms with Crippen molar-refractivity contribution < 1.29 is 4.74 Å². The summed E-state index contributed by atoms with van der Waals surface area (Å²) in [6.45, 7) is 2.85. The molecule has 0 aliphatic carbocycles. The highest BCUT2D eigenvalue weighted by atomic mass is 79.9. The molecule has 3 aromatic rings. The van der Waals surface area contributed by atoms with Gasteiger partial charge in [0.25, 0.3) is 0 Å². The Morgan fingerprint density at radius 2 is 1.74 bits per heavy atom. The normalized spacial score (nSPS) is 18.9. The molecule has 0 bridgehead atoms. The van der Waals surface area contributed by atoms with E-state index < -0.39 is 6.17 Å². The van der Waals surface area contributed by atoms with Gasteiger partial charge in [-0.25, -0.2) is 14.7 Å². The Kier molecular flexibility index (Phi) is 5.44. The molecule has 1 fully saturated rings. The zero-order valence-electron chi connectivity index (χ0n) is 16.8. The second-order valence-corrected chi connectivity index (χ2v) is 8.20. The third kappa shape index (κ3) is 4.19. The first-order valence-corrected chi connectivity index (χ1v) is 10.9. The maximum Gasteiger partial charge on any atom is 0.203 e. The van der Waals surface area contributed by atoms with Gasteiger partial charge in [0.05, 0.1) is 18.9 Å². The van der Waals surface area contributed by atoms with Crippen LogP contribution in [0.2, 0.25) is 0 Å². The molecule has 1 saturated heterocycles. The zero-order valence-corrected chi connectivity index (χ0v) is 18.4. The summed E-state index contributed by atoms with van der Waals surface area (Å²) < 4.78 is 8.34. The van der Waals surface area contributed by atoms with Crippen LogP contribution in [0.25, 0.3) is 16.9 Å². The monoisotopic (exact) mass is 479 g/mol. The van der Waals surface area contributed by atoms with Crippen LogP contribution in [0.1, 0.15) is 11.7 Å². The molecule has 2 aliphatic rings. The lowest BCUT2D eigenvalue weighted by atomic mass is 10.1. The first-order valence-electron chi connectivity index (χ1n) is 10.1. The summed E-state index contributed by atoms with van der Waals surface area (Å²) in [6.07, 6.45) is 1.50. The van der Waals surface area contributed by atoms with E-state index >= 15 is 0 Å². The van der Waals surface area contributed by atoms with Crippen LogP contribution in [0.5, 0.6) is 0 Å². The summed E-state index contributed by atoms with van der Waals surface area (Å²) in [5.74, 6) is 1.06. The molecule has 158 valence electrons. The van der Waals surface area contributed by atoms with Crippen molar-refractivity contribution in [1.82, 2.24) is 20.0 Å². The SMILES string of the molecule is NC1=NC(c2cn(-c3ccccc3)nc2-c2ccc(Br)cc2)N=C(N2CCOCC2)N1. The maximum atomic E-state index is 6.15. The highest BCUT2D eigenvalue weighted by Crippen LogP contribution is 2.32. The molecular weight excluding hydrogens is 458 g/mol. The molecule has 0 saturated carbocycles. The van der Waals surface area contributed by atoms with Crippen molar-refractivity contribution in [3.8, 4) is 16.9 Å².